The molecule has 1 aromatic rings. The summed E-state index contributed by atoms with van der Waals surface area (Å²) in [7, 11) is 2.10. The van der Waals surface area contributed by atoms with E-state index in [1.165, 1.54) is 0 Å². The molecule has 1 heterocycles. The molecule has 0 bridgehead atoms. The zero-order valence-electron chi connectivity index (χ0n) is 13.4. The van der Waals surface area contributed by atoms with Crippen molar-refractivity contribution >= 4 is 11.8 Å². The molecule has 1 rings (SSSR count). The summed E-state index contributed by atoms with van der Waals surface area (Å²) in [5, 5.41) is 3.26. The first-order valence-electron chi connectivity index (χ1n) is 7.08. The van der Waals surface area contributed by atoms with Gasteiger partial charge in [0.25, 0.3) is 0 Å². The predicted octanol–water partition coefficient (Wildman–Crippen LogP) is 3.48. The van der Waals surface area contributed by atoms with Crippen LogP contribution in [0.3, 0.4) is 0 Å². The standard InChI is InChI=1S/C15H28N4/c1-8-9-16-14-17-11(2)10-13(18-14)19(7)12(3)15(4,5)6/h10,12H,8-9H2,1-7H3,(H,16,17,18). The third-order valence-corrected chi connectivity index (χ3v) is 3.57. The molecule has 0 spiro atoms. The average molecular weight is 264 g/mol. The van der Waals surface area contributed by atoms with Crippen LogP contribution in [0.5, 0.6) is 0 Å². The lowest BCUT2D eigenvalue weighted by Crippen LogP contribution is -2.40. The first kappa shape index (κ1) is 15.7. The van der Waals surface area contributed by atoms with Gasteiger partial charge in [0.1, 0.15) is 5.82 Å². The normalized spacial score (nSPS) is 13.2. The maximum atomic E-state index is 4.61. The predicted molar refractivity (Wildman–Crippen MR) is 82.9 cm³/mol. The molecule has 0 aliphatic carbocycles. The lowest BCUT2D eigenvalue weighted by molar-refractivity contribution is 0.328. The maximum Gasteiger partial charge on any atom is 0.224 e. The van der Waals surface area contributed by atoms with Crippen LogP contribution < -0.4 is 10.2 Å². The fourth-order valence-electron chi connectivity index (χ4n) is 1.83. The molecule has 0 fully saturated rings. The highest BCUT2D eigenvalue weighted by atomic mass is 15.2. The summed E-state index contributed by atoms with van der Waals surface area (Å²) >= 11 is 0. The molecule has 0 saturated heterocycles. The van der Waals surface area contributed by atoms with E-state index in [4.69, 9.17) is 0 Å². The van der Waals surface area contributed by atoms with Crippen molar-refractivity contribution in [3.8, 4) is 0 Å². The number of nitrogens with one attached hydrogen (secondary N) is 1. The monoisotopic (exact) mass is 264 g/mol. The van der Waals surface area contributed by atoms with Crippen molar-refractivity contribution in [3.05, 3.63) is 11.8 Å². The SMILES string of the molecule is CCCNc1nc(C)cc(N(C)C(C)C(C)(C)C)n1. The van der Waals surface area contributed by atoms with Crippen molar-refractivity contribution in [3.63, 3.8) is 0 Å². The molecule has 1 atom stereocenters. The number of hydrogen-bond acceptors (Lipinski definition) is 4. The third-order valence-electron chi connectivity index (χ3n) is 3.57. The molecule has 108 valence electrons. The lowest BCUT2D eigenvalue weighted by atomic mass is 9.87. The number of aromatic nitrogens is 2. The Bertz CT molecular complexity index is 409. The van der Waals surface area contributed by atoms with Crippen LogP contribution in [0.4, 0.5) is 11.8 Å². The van der Waals surface area contributed by atoms with Crippen LogP contribution in [0, 0.1) is 12.3 Å². The zero-order chi connectivity index (χ0) is 14.6. The summed E-state index contributed by atoms with van der Waals surface area (Å²) in [6, 6.07) is 2.44. The first-order chi connectivity index (χ1) is 8.75. The van der Waals surface area contributed by atoms with Gasteiger partial charge in [0, 0.05) is 31.4 Å². The minimum absolute atomic E-state index is 0.213. The number of anilines is 2. The van der Waals surface area contributed by atoms with Crippen molar-refractivity contribution in [2.45, 2.75) is 54.0 Å². The van der Waals surface area contributed by atoms with Crippen molar-refractivity contribution in [1.29, 1.82) is 0 Å². The Kier molecular flexibility index (Phi) is 5.15. The summed E-state index contributed by atoms with van der Waals surface area (Å²) in [6.45, 7) is 14.0. The average Bonchev–Trinajstić information content (AvgIpc) is 2.32. The quantitative estimate of drug-likeness (QED) is 0.884. The highest BCUT2D eigenvalue weighted by Crippen LogP contribution is 2.26. The van der Waals surface area contributed by atoms with Crippen LogP contribution >= 0.6 is 0 Å². The van der Waals surface area contributed by atoms with Gasteiger partial charge in [-0.15, -0.1) is 0 Å². The smallest absolute Gasteiger partial charge is 0.224 e. The molecule has 0 aromatic carbocycles. The fraction of sp³-hybridized carbons (Fsp3) is 0.733. The molecule has 19 heavy (non-hydrogen) atoms. The van der Waals surface area contributed by atoms with E-state index in [-0.39, 0.29) is 5.41 Å². The largest absolute Gasteiger partial charge is 0.356 e. The summed E-state index contributed by atoms with van der Waals surface area (Å²) in [6.07, 6.45) is 1.07. The molecular formula is C15H28N4. The Morgan fingerprint density at radius 1 is 1.32 bits per heavy atom. The highest BCUT2D eigenvalue weighted by Gasteiger charge is 2.25. The van der Waals surface area contributed by atoms with Gasteiger partial charge in [0.2, 0.25) is 5.95 Å². The van der Waals surface area contributed by atoms with Crippen molar-refractivity contribution in [2.75, 3.05) is 23.8 Å². The molecule has 0 radical (unpaired) electrons. The molecule has 0 aliphatic heterocycles. The Morgan fingerprint density at radius 3 is 2.47 bits per heavy atom. The number of rotatable bonds is 5. The fourth-order valence-corrected chi connectivity index (χ4v) is 1.83. The van der Waals surface area contributed by atoms with Crippen LogP contribution in [0.1, 0.15) is 46.7 Å². The first-order valence-corrected chi connectivity index (χ1v) is 7.08. The Hall–Kier alpha value is -1.32. The van der Waals surface area contributed by atoms with E-state index < -0.39 is 0 Å². The second kappa shape index (κ2) is 6.22. The van der Waals surface area contributed by atoms with E-state index in [1.807, 2.05) is 13.0 Å². The highest BCUT2D eigenvalue weighted by molar-refractivity contribution is 5.45. The van der Waals surface area contributed by atoms with E-state index >= 15 is 0 Å². The van der Waals surface area contributed by atoms with Crippen LogP contribution in [-0.4, -0.2) is 29.6 Å². The maximum absolute atomic E-state index is 4.61. The number of hydrogen-bond donors (Lipinski definition) is 1. The molecule has 0 aliphatic rings. The van der Waals surface area contributed by atoms with E-state index in [0.717, 1.165) is 30.4 Å². The molecule has 1 unspecified atom stereocenters. The van der Waals surface area contributed by atoms with Crippen molar-refractivity contribution in [1.82, 2.24) is 9.97 Å². The van der Waals surface area contributed by atoms with Gasteiger partial charge in [-0.3, -0.25) is 0 Å². The van der Waals surface area contributed by atoms with Crippen LogP contribution in [-0.2, 0) is 0 Å². The Morgan fingerprint density at radius 2 is 1.95 bits per heavy atom. The van der Waals surface area contributed by atoms with Gasteiger partial charge in [-0.25, -0.2) is 4.98 Å². The lowest BCUT2D eigenvalue weighted by Gasteiger charge is -2.36. The summed E-state index contributed by atoms with van der Waals surface area (Å²) in [5.41, 5.74) is 1.21. The van der Waals surface area contributed by atoms with Gasteiger partial charge in [-0.1, -0.05) is 27.7 Å². The molecule has 1 aromatic heterocycles. The Balaban J connectivity index is 2.96. The minimum atomic E-state index is 0.213. The summed E-state index contributed by atoms with van der Waals surface area (Å²) in [5.74, 6) is 1.71. The molecule has 4 nitrogen and oxygen atoms in total. The zero-order valence-corrected chi connectivity index (χ0v) is 13.4. The van der Waals surface area contributed by atoms with E-state index in [1.54, 1.807) is 0 Å². The molecule has 0 amide bonds. The van der Waals surface area contributed by atoms with Crippen LogP contribution in [0.25, 0.3) is 0 Å². The summed E-state index contributed by atoms with van der Waals surface area (Å²) < 4.78 is 0. The topological polar surface area (TPSA) is 41.1 Å². The van der Waals surface area contributed by atoms with Gasteiger partial charge in [-0.2, -0.15) is 4.98 Å². The number of aryl methyl sites for hydroxylation is 1. The van der Waals surface area contributed by atoms with E-state index in [9.17, 15) is 0 Å². The van der Waals surface area contributed by atoms with E-state index in [0.29, 0.717) is 6.04 Å². The molecule has 4 heteroatoms. The van der Waals surface area contributed by atoms with Gasteiger partial charge in [0.15, 0.2) is 0 Å². The van der Waals surface area contributed by atoms with E-state index in [2.05, 4.69) is 61.9 Å². The third kappa shape index (κ3) is 4.37. The van der Waals surface area contributed by atoms with Gasteiger partial charge < -0.3 is 10.2 Å². The minimum Gasteiger partial charge on any atom is -0.356 e. The van der Waals surface area contributed by atoms with Crippen molar-refractivity contribution in [2.24, 2.45) is 5.41 Å². The van der Waals surface area contributed by atoms with Crippen molar-refractivity contribution < 1.29 is 0 Å². The second-order valence-electron chi connectivity index (χ2n) is 6.27. The van der Waals surface area contributed by atoms with Crippen LogP contribution in [0.2, 0.25) is 0 Å². The Labute approximate surface area is 117 Å². The van der Waals surface area contributed by atoms with Gasteiger partial charge in [-0.05, 0) is 25.7 Å². The summed E-state index contributed by atoms with van der Waals surface area (Å²) in [4.78, 5) is 11.3. The molecule has 1 N–H and O–H groups in total. The molecule has 0 saturated carbocycles. The van der Waals surface area contributed by atoms with Crippen LogP contribution in [0.15, 0.2) is 6.07 Å². The second-order valence-corrected chi connectivity index (χ2v) is 6.27. The number of nitrogens with zero attached hydrogens (tertiary/aromatic N) is 3. The van der Waals surface area contributed by atoms with Gasteiger partial charge >= 0.3 is 0 Å². The van der Waals surface area contributed by atoms with Gasteiger partial charge in [0.05, 0.1) is 0 Å². The molecular weight excluding hydrogens is 236 g/mol.